The van der Waals surface area contributed by atoms with Crippen LogP contribution in [0.3, 0.4) is 0 Å². The Morgan fingerprint density at radius 2 is 1.83 bits per heavy atom. The molecule has 1 fully saturated rings. The number of imidazole rings is 1. The molecule has 1 aliphatic rings. The molecule has 1 saturated heterocycles. The molecule has 1 aromatic carbocycles. The minimum atomic E-state index is 0.761. The van der Waals surface area contributed by atoms with Crippen molar-refractivity contribution >= 4 is 22.5 Å². The highest BCUT2D eigenvalue weighted by molar-refractivity contribution is 7.12. The first kappa shape index (κ1) is 19.2. The number of pyridine rings is 1. The van der Waals surface area contributed by atoms with Gasteiger partial charge < -0.3 is 9.64 Å². The van der Waals surface area contributed by atoms with Crippen molar-refractivity contribution in [2.45, 2.75) is 25.7 Å². The van der Waals surface area contributed by atoms with E-state index >= 15 is 0 Å². The van der Waals surface area contributed by atoms with Gasteiger partial charge >= 0.3 is 0 Å². The highest BCUT2D eigenvalue weighted by atomic mass is 32.1. The third-order valence-electron chi connectivity index (χ3n) is 5.54. The van der Waals surface area contributed by atoms with E-state index in [1.54, 1.807) is 23.9 Å². The third-order valence-corrected chi connectivity index (χ3v) is 6.31. The lowest BCUT2D eigenvalue weighted by molar-refractivity contribution is 0.205. The maximum atomic E-state index is 5.94. The molecule has 30 heavy (non-hydrogen) atoms. The van der Waals surface area contributed by atoms with E-state index in [1.165, 1.54) is 32.4 Å². The minimum absolute atomic E-state index is 0.761. The Balaban J connectivity index is 1.21. The lowest BCUT2D eigenvalue weighted by Gasteiger charge is -2.26. The summed E-state index contributed by atoms with van der Waals surface area (Å²) in [5, 5.41) is 2.83. The van der Waals surface area contributed by atoms with Crippen molar-refractivity contribution in [3.63, 3.8) is 0 Å². The molecular weight excluding hydrogens is 394 g/mol. The molecule has 4 heterocycles. The van der Waals surface area contributed by atoms with Crippen LogP contribution in [-0.2, 0) is 0 Å². The van der Waals surface area contributed by atoms with Gasteiger partial charge in [0, 0.05) is 29.9 Å². The first-order chi connectivity index (χ1) is 14.9. The van der Waals surface area contributed by atoms with Gasteiger partial charge in [-0.25, -0.2) is 15.0 Å². The molecule has 0 bridgehead atoms. The van der Waals surface area contributed by atoms with Gasteiger partial charge in [0.15, 0.2) is 10.8 Å². The molecule has 154 valence electrons. The van der Waals surface area contributed by atoms with Crippen LogP contribution in [0, 0.1) is 0 Å². The fourth-order valence-corrected chi connectivity index (χ4v) is 4.55. The largest absolute Gasteiger partial charge is 0.494 e. The molecule has 0 unspecified atom stereocenters. The fraction of sp³-hybridized carbons (Fsp3) is 0.348. The van der Waals surface area contributed by atoms with Gasteiger partial charge in [-0.2, -0.15) is 0 Å². The Labute approximate surface area is 180 Å². The summed E-state index contributed by atoms with van der Waals surface area (Å²) < 4.78 is 7.86. The number of ether oxygens (including phenoxy) is 1. The zero-order chi connectivity index (χ0) is 20.2. The average Bonchev–Trinajstić information content (AvgIpc) is 3.47. The van der Waals surface area contributed by atoms with Gasteiger partial charge in [-0.15, -0.1) is 11.3 Å². The van der Waals surface area contributed by atoms with Crippen molar-refractivity contribution in [2.75, 3.05) is 26.2 Å². The van der Waals surface area contributed by atoms with Crippen LogP contribution in [0.5, 0.6) is 5.75 Å². The van der Waals surface area contributed by atoms with Crippen molar-refractivity contribution in [3.05, 3.63) is 54.4 Å². The minimum Gasteiger partial charge on any atom is -0.494 e. The fourth-order valence-electron chi connectivity index (χ4n) is 3.94. The first-order valence-electron chi connectivity index (χ1n) is 10.6. The zero-order valence-corrected chi connectivity index (χ0v) is 17.7. The van der Waals surface area contributed by atoms with Gasteiger partial charge in [0.05, 0.1) is 6.61 Å². The van der Waals surface area contributed by atoms with Gasteiger partial charge in [-0.1, -0.05) is 18.6 Å². The Kier molecular flexibility index (Phi) is 5.72. The first-order valence-corrected chi connectivity index (χ1v) is 11.4. The Morgan fingerprint density at radius 1 is 0.967 bits per heavy atom. The predicted molar refractivity (Wildman–Crippen MR) is 120 cm³/mol. The van der Waals surface area contributed by atoms with Crippen LogP contribution in [0.1, 0.15) is 25.7 Å². The molecule has 1 aliphatic heterocycles. The second-order valence-corrected chi connectivity index (χ2v) is 8.50. The van der Waals surface area contributed by atoms with Crippen LogP contribution >= 0.6 is 11.3 Å². The summed E-state index contributed by atoms with van der Waals surface area (Å²) >= 11 is 1.57. The molecule has 4 aromatic rings. The van der Waals surface area contributed by atoms with Crippen LogP contribution in [0.4, 0.5) is 0 Å². The van der Waals surface area contributed by atoms with Crippen molar-refractivity contribution < 1.29 is 4.74 Å². The maximum Gasteiger partial charge on any atom is 0.196 e. The van der Waals surface area contributed by atoms with Gasteiger partial charge in [0.25, 0.3) is 0 Å². The highest BCUT2D eigenvalue weighted by Crippen LogP contribution is 2.26. The lowest BCUT2D eigenvalue weighted by atomic mass is 10.1. The number of benzene rings is 1. The normalized spacial score (nSPS) is 14.9. The smallest absolute Gasteiger partial charge is 0.196 e. The van der Waals surface area contributed by atoms with E-state index < -0.39 is 0 Å². The third kappa shape index (κ3) is 4.22. The van der Waals surface area contributed by atoms with Crippen LogP contribution in [0.25, 0.3) is 27.4 Å². The molecule has 5 rings (SSSR count). The average molecular weight is 420 g/mol. The van der Waals surface area contributed by atoms with E-state index in [2.05, 4.69) is 38.1 Å². The monoisotopic (exact) mass is 419 g/mol. The van der Waals surface area contributed by atoms with Gasteiger partial charge in [0.2, 0.25) is 0 Å². The van der Waals surface area contributed by atoms with E-state index in [0.717, 1.165) is 52.7 Å². The molecule has 0 aliphatic carbocycles. The number of nitrogens with zero attached hydrogens (tertiary/aromatic N) is 5. The molecule has 0 amide bonds. The van der Waals surface area contributed by atoms with Crippen molar-refractivity contribution in [1.82, 2.24) is 24.4 Å². The van der Waals surface area contributed by atoms with Gasteiger partial charge in [-0.3, -0.25) is 4.57 Å². The summed E-state index contributed by atoms with van der Waals surface area (Å²) in [6.07, 6.45) is 10.6. The number of aromatic nitrogens is 4. The summed E-state index contributed by atoms with van der Waals surface area (Å²) in [6, 6.07) is 10.3. The summed E-state index contributed by atoms with van der Waals surface area (Å²) in [4.78, 5) is 16.0. The second kappa shape index (κ2) is 8.93. The second-order valence-electron chi connectivity index (χ2n) is 7.62. The number of likely N-dealkylation sites (tertiary alicyclic amines) is 1. The molecule has 7 heteroatoms. The van der Waals surface area contributed by atoms with Crippen LogP contribution in [-0.4, -0.2) is 50.7 Å². The molecule has 6 nitrogen and oxygen atoms in total. The van der Waals surface area contributed by atoms with E-state index in [9.17, 15) is 0 Å². The topological polar surface area (TPSA) is 56.1 Å². The summed E-state index contributed by atoms with van der Waals surface area (Å²) in [6.45, 7) is 4.39. The van der Waals surface area contributed by atoms with E-state index in [-0.39, 0.29) is 0 Å². The quantitative estimate of drug-likeness (QED) is 0.403. The number of hydrogen-bond donors (Lipinski definition) is 0. The standard InChI is InChI=1S/C23H25N5OS/c1-2-10-27(11-3-1)12-4-13-29-20-7-5-18(6-8-20)19-15-21-22(25-16-19)28(17-26-21)23-24-9-14-30-23/h5-9,14-17H,1-4,10-13H2. The van der Waals surface area contributed by atoms with Gasteiger partial charge in [-0.05, 0) is 56.1 Å². The molecule has 3 aromatic heterocycles. The van der Waals surface area contributed by atoms with Crippen molar-refractivity contribution in [3.8, 4) is 22.0 Å². The zero-order valence-electron chi connectivity index (χ0n) is 16.9. The van der Waals surface area contributed by atoms with Crippen molar-refractivity contribution in [2.24, 2.45) is 0 Å². The Hall–Kier alpha value is -2.77. The SMILES string of the molecule is c1csc(-n2cnc3cc(-c4ccc(OCCCN5CCCCC5)cc4)cnc32)n1. The van der Waals surface area contributed by atoms with Crippen LogP contribution < -0.4 is 4.74 Å². The molecule has 0 radical (unpaired) electrons. The summed E-state index contributed by atoms with van der Waals surface area (Å²) in [5.74, 6) is 0.916. The van der Waals surface area contributed by atoms with Crippen LogP contribution in [0.15, 0.2) is 54.4 Å². The molecule has 0 N–H and O–H groups in total. The highest BCUT2D eigenvalue weighted by Gasteiger charge is 2.11. The molecule has 0 saturated carbocycles. The number of piperidine rings is 1. The predicted octanol–water partition coefficient (Wildman–Crippen LogP) is 4.80. The number of rotatable bonds is 7. The number of hydrogen-bond acceptors (Lipinski definition) is 6. The summed E-state index contributed by atoms with van der Waals surface area (Å²) in [7, 11) is 0. The lowest BCUT2D eigenvalue weighted by Crippen LogP contribution is -2.31. The Morgan fingerprint density at radius 3 is 2.63 bits per heavy atom. The van der Waals surface area contributed by atoms with E-state index in [4.69, 9.17) is 4.74 Å². The maximum absolute atomic E-state index is 5.94. The van der Waals surface area contributed by atoms with Crippen molar-refractivity contribution in [1.29, 1.82) is 0 Å². The molecule has 0 atom stereocenters. The van der Waals surface area contributed by atoms with Gasteiger partial charge in [0.1, 0.15) is 17.6 Å². The number of fused-ring (bicyclic) bond motifs is 1. The summed E-state index contributed by atoms with van der Waals surface area (Å²) in [5.41, 5.74) is 3.83. The Bertz CT molecular complexity index is 1080. The molecule has 0 spiro atoms. The number of thiazole rings is 1. The molecular formula is C23H25N5OS. The van der Waals surface area contributed by atoms with E-state index in [1.807, 2.05) is 28.3 Å². The van der Waals surface area contributed by atoms with E-state index in [0.29, 0.717) is 0 Å². The van der Waals surface area contributed by atoms with Crippen LogP contribution in [0.2, 0.25) is 0 Å².